The number of carbonyl (C=O) groups excluding carboxylic acids is 4. The van der Waals surface area contributed by atoms with Crippen LogP contribution in [0.1, 0.15) is 42.1 Å². The van der Waals surface area contributed by atoms with E-state index in [0.29, 0.717) is 41.7 Å². The Kier molecular flexibility index (Phi) is 5.40. The Balaban J connectivity index is 2.19. The number of ether oxygens (including phenoxy) is 3. The Morgan fingerprint density at radius 2 is 2.14 bits per heavy atom. The summed E-state index contributed by atoms with van der Waals surface area (Å²) in [5.41, 5.74) is -0.424. The van der Waals surface area contributed by atoms with Crippen LogP contribution in [0.3, 0.4) is 0 Å². The summed E-state index contributed by atoms with van der Waals surface area (Å²) in [6.45, 7) is 1.58. The van der Waals surface area contributed by atoms with Crippen molar-refractivity contribution >= 4 is 24.4 Å². The van der Waals surface area contributed by atoms with E-state index in [0.717, 1.165) is 0 Å². The smallest absolute Gasteiger partial charge is 0.303 e. The summed E-state index contributed by atoms with van der Waals surface area (Å²) >= 11 is 0. The molecule has 1 aromatic rings. The summed E-state index contributed by atoms with van der Waals surface area (Å²) in [5.74, 6) is 0.140. The highest BCUT2D eigenvalue weighted by molar-refractivity contribution is 5.97. The zero-order valence-electron chi connectivity index (χ0n) is 16.1. The summed E-state index contributed by atoms with van der Waals surface area (Å²) in [4.78, 5) is 49.2. The Hall–Kier alpha value is -2.90. The van der Waals surface area contributed by atoms with E-state index >= 15 is 0 Å². The van der Waals surface area contributed by atoms with Crippen molar-refractivity contribution < 1.29 is 33.4 Å². The third-order valence-electron chi connectivity index (χ3n) is 5.52. The minimum Gasteiger partial charge on any atom is -0.493 e. The van der Waals surface area contributed by atoms with Gasteiger partial charge in [0.05, 0.1) is 7.11 Å². The van der Waals surface area contributed by atoms with Crippen LogP contribution in [0, 0.1) is 0 Å². The first-order valence-corrected chi connectivity index (χ1v) is 9.08. The van der Waals surface area contributed by atoms with Gasteiger partial charge >= 0.3 is 5.97 Å². The molecule has 0 spiro atoms. The number of fused-ring (bicyclic) bond motifs is 3. The molecule has 3 rings (SSSR count). The van der Waals surface area contributed by atoms with Crippen molar-refractivity contribution in [3.05, 3.63) is 23.3 Å². The van der Waals surface area contributed by atoms with Crippen LogP contribution in [0.25, 0.3) is 0 Å². The number of rotatable bonds is 7. The fourth-order valence-corrected chi connectivity index (χ4v) is 4.27. The molecule has 1 aromatic carbocycles. The Morgan fingerprint density at radius 1 is 1.39 bits per heavy atom. The summed E-state index contributed by atoms with van der Waals surface area (Å²) in [5, 5.41) is 0. The lowest BCUT2D eigenvalue weighted by atomic mass is 9.63. The van der Waals surface area contributed by atoms with Gasteiger partial charge in [-0.2, -0.15) is 0 Å². The molecule has 1 saturated carbocycles. The van der Waals surface area contributed by atoms with Gasteiger partial charge in [0.15, 0.2) is 23.9 Å². The number of amides is 1. The van der Waals surface area contributed by atoms with E-state index in [1.165, 1.54) is 18.9 Å². The van der Waals surface area contributed by atoms with Crippen molar-refractivity contribution in [3.63, 3.8) is 0 Å². The van der Waals surface area contributed by atoms with Gasteiger partial charge in [-0.3, -0.25) is 19.2 Å². The quantitative estimate of drug-likeness (QED) is 0.512. The van der Waals surface area contributed by atoms with Crippen LogP contribution in [-0.4, -0.2) is 62.3 Å². The molecule has 3 atom stereocenters. The van der Waals surface area contributed by atoms with Gasteiger partial charge < -0.3 is 19.1 Å². The first kappa shape index (κ1) is 19.9. The molecule has 0 saturated heterocycles. The molecule has 8 nitrogen and oxygen atoms in total. The Bertz CT molecular complexity index is 821. The van der Waals surface area contributed by atoms with Crippen LogP contribution in [0.5, 0.6) is 11.5 Å². The van der Waals surface area contributed by atoms with Crippen molar-refractivity contribution in [2.24, 2.45) is 0 Å². The van der Waals surface area contributed by atoms with Gasteiger partial charge in [-0.05, 0) is 25.0 Å². The van der Waals surface area contributed by atoms with Crippen molar-refractivity contribution in [3.8, 4) is 11.5 Å². The van der Waals surface area contributed by atoms with Gasteiger partial charge in [-0.15, -0.1) is 0 Å². The second-order valence-corrected chi connectivity index (χ2v) is 7.13. The first-order chi connectivity index (χ1) is 13.4. The van der Waals surface area contributed by atoms with Crippen LogP contribution < -0.4 is 9.47 Å². The summed E-state index contributed by atoms with van der Waals surface area (Å²) < 4.78 is 17.0. The van der Waals surface area contributed by atoms with E-state index < -0.39 is 23.6 Å². The highest BCUT2D eigenvalue weighted by atomic mass is 16.6. The van der Waals surface area contributed by atoms with Crippen LogP contribution in [0.4, 0.5) is 0 Å². The van der Waals surface area contributed by atoms with E-state index in [-0.39, 0.29) is 25.2 Å². The molecule has 150 valence electrons. The highest BCUT2D eigenvalue weighted by Gasteiger charge is 2.61. The molecule has 0 unspecified atom stereocenters. The second-order valence-electron chi connectivity index (χ2n) is 7.13. The van der Waals surface area contributed by atoms with Crippen LogP contribution in [0.15, 0.2) is 12.1 Å². The number of esters is 1. The largest absolute Gasteiger partial charge is 0.493 e. The van der Waals surface area contributed by atoms with Gasteiger partial charge in [0.25, 0.3) is 0 Å². The Morgan fingerprint density at radius 3 is 2.75 bits per heavy atom. The molecule has 0 radical (unpaired) electrons. The predicted molar refractivity (Wildman–Crippen MR) is 97.6 cm³/mol. The number of methoxy groups -OCH3 is 1. The number of benzene rings is 1. The summed E-state index contributed by atoms with van der Waals surface area (Å²) in [7, 11) is 3.08. The summed E-state index contributed by atoms with van der Waals surface area (Å²) in [6, 6.07) is 3.20. The van der Waals surface area contributed by atoms with Gasteiger partial charge in [-0.25, -0.2) is 0 Å². The SMILES string of the molecule is COc1ccc(C=O)c2c1O[C@H]1[C@@H](OC(C)=O)CCC(=O)[C@@]21CCN(C)C=O. The molecule has 1 heterocycles. The first-order valence-electron chi connectivity index (χ1n) is 9.08. The predicted octanol–water partition coefficient (Wildman–Crippen LogP) is 1.28. The number of Topliss-reactive ketones (excluding diaryl/α,β-unsaturated/α-hetero) is 1. The minimum absolute atomic E-state index is 0.102. The van der Waals surface area contributed by atoms with Crippen LogP contribution in [0.2, 0.25) is 0 Å². The lowest BCUT2D eigenvalue weighted by Gasteiger charge is -2.41. The fourth-order valence-electron chi connectivity index (χ4n) is 4.27. The number of carbonyl (C=O) groups is 4. The molecule has 1 fully saturated rings. The average molecular weight is 389 g/mol. The third-order valence-corrected chi connectivity index (χ3v) is 5.52. The molecule has 0 bridgehead atoms. The number of nitrogens with zero attached hydrogens (tertiary/aromatic N) is 1. The molecular formula is C20H23NO7. The number of hydrogen-bond donors (Lipinski definition) is 0. The van der Waals surface area contributed by atoms with Crippen LogP contribution >= 0.6 is 0 Å². The monoisotopic (exact) mass is 389 g/mol. The van der Waals surface area contributed by atoms with E-state index in [2.05, 4.69) is 0 Å². The third kappa shape index (κ3) is 3.02. The van der Waals surface area contributed by atoms with Crippen molar-refractivity contribution in [1.29, 1.82) is 0 Å². The lowest BCUT2D eigenvalue weighted by molar-refractivity contribution is -0.160. The molecule has 0 N–H and O–H groups in total. The molecule has 1 aliphatic carbocycles. The molecule has 2 aliphatic rings. The molecule has 0 aromatic heterocycles. The van der Waals surface area contributed by atoms with Gasteiger partial charge in [0, 0.05) is 38.1 Å². The highest BCUT2D eigenvalue weighted by Crippen LogP contribution is 2.55. The number of ketones is 1. The molecule has 8 heteroatoms. The van der Waals surface area contributed by atoms with Gasteiger partial charge in [0.1, 0.15) is 17.3 Å². The second kappa shape index (κ2) is 7.61. The average Bonchev–Trinajstić information content (AvgIpc) is 3.04. The standard InChI is InChI=1S/C20H23NO7/c1-12(24)27-15-6-7-16(25)20(8-9-21(2)11-23)17-13(10-22)4-5-14(26-3)18(17)28-19(15)20/h4-5,10-11,15,19H,6-9H2,1-3H3/t15-,19-,20-/m0/s1. The molecule has 1 aliphatic heterocycles. The zero-order chi connectivity index (χ0) is 20.5. The maximum absolute atomic E-state index is 13.3. The normalized spacial score (nSPS) is 25.2. The van der Waals surface area contributed by atoms with Crippen molar-refractivity contribution in [1.82, 2.24) is 4.90 Å². The van der Waals surface area contributed by atoms with Gasteiger partial charge in [-0.1, -0.05) is 0 Å². The maximum atomic E-state index is 13.3. The van der Waals surface area contributed by atoms with Crippen molar-refractivity contribution in [2.75, 3.05) is 20.7 Å². The van der Waals surface area contributed by atoms with Gasteiger partial charge in [0.2, 0.25) is 6.41 Å². The molecule has 1 amide bonds. The number of aldehydes is 1. The van der Waals surface area contributed by atoms with E-state index in [9.17, 15) is 19.2 Å². The zero-order valence-corrected chi connectivity index (χ0v) is 16.1. The van der Waals surface area contributed by atoms with E-state index in [4.69, 9.17) is 14.2 Å². The van der Waals surface area contributed by atoms with E-state index in [1.54, 1.807) is 19.2 Å². The Labute approximate surface area is 162 Å². The lowest BCUT2D eigenvalue weighted by Crippen LogP contribution is -2.57. The van der Waals surface area contributed by atoms with Crippen molar-refractivity contribution in [2.45, 2.75) is 43.8 Å². The minimum atomic E-state index is -1.20. The van der Waals surface area contributed by atoms with E-state index in [1.807, 2.05) is 0 Å². The maximum Gasteiger partial charge on any atom is 0.303 e. The topological polar surface area (TPSA) is 99.2 Å². The molecule has 28 heavy (non-hydrogen) atoms. The van der Waals surface area contributed by atoms with Crippen LogP contribution in [-0.2, 0) is 24.5 Å². The summed E-state index contributed by atoms with van der Waals surface area (Å²) in [6.07, 6.45) is 0.669. The molecular weight excluding hydrogens is 366 g/mol. The fraction of sp³-hybridized carbons (Fsp3) is 0.500. The number of hydrogen-bond acceptors (Lipinski definition) is 7.